The van der Waals surface area contributed by atoms with Crippen molar-refractivity contribution in [2.75, 3.05) is 0 Å². The fraction of sp³-hybridized carbons (Fsp3) is 0.0769. The summed E-state index contributed by atoms with van der Waals surface area (Å²) in [6.45, 7) is 1.77. The van der Waals surface area contributed by atoms with Gasteiger partial charge in [-0.1, -0.05) is 6.07 Å². The Balaban J connectivity index is 2.10. The van der Waals surface area contributed by atoms with Crippen LogP contribution in [0.25, 0.3) is 10.2 Å². The molecule has 0 aliphatic heterocycles. The molecule has 0 atom stereocenters. The second-order valence-corrected chi connectivity index (χ2v) is 5.50. The molecule has 1 aromatic carbocycles. The minimum absolute atomic E-state index is 0.0368. The average Bonchev–Trinajstić information content (AvgIpc) is 2.88. The zero-order valence-electron chi connectivity index (χ0n) is 10.7. The van der Waals surface area contributed by atoms with Crippen molar-refractivity contribution in [2.24, 2.45) is 0 Å². The predicted molar refractivity (Wildman–Crippen MR) is 80.3 cm³/mol. The molecule has 21 heavy (non-hydrogen) atoms. The van der Waals surface area contributed by atoms with Gasteiger partial charge in [-0.3, -0.25) is 10.1 Å². The van der Waals surface area contributed by atoms with E-state index in [-0.39, 0.29) is 22.6 Å². The summed E-state index contributed by atoms with van der Waals surface area (Å²) in [6.07, 6.45) is 0. The summed E-state index contributed by atoms with van der Waals surface area (Å²) >= 11 is 7.23. The summed E-state index contributed by atoms with van der Waals surface area (Å²) in [5.74, 6) is 0.325. The number of rotatable bonds is 3. The van der Waals surface area contributed by atoms with Gasteiger partial charge in [-0.05, 0) is 41.6 Å². The summed E-state index contributed by atoms with van der Waals surface area (Å²) in [5, 5.41) is 13.6. The molecular weight excluding hydrogens is 314 g/mol. The first kappa shape index (κ1) is 13.7. The van der Waals surface area contributed by atoms with Crippen molar-refractivity contribution in [3.63, 3.8) is 0 Å². The first-order chi connectivity index (χ1) is 10.0. The van der Waals surface area contributed by atoms with Gasteiger partial charge in [0.25, 0.3) is 0 Å². The molecule has 8 heteroatoms. The molecule has 0 bridgehead atoms. The zero-order valence-corrected chi connectivity index (χ0v) is 12.3. The van der Waals surface area contributed by atoms with Crippen molar-refractivity contribution in [3.8, 4) is 11.6 Å². The van der Waals surface area contributed by atoms with Crippen LogP contribution < -0.4 is 4.74 Å². The Hall–Kier alpha value is -2.25. The number of hydrogen-bond acceptors (Lipinski definition) is 6. The number of aryl methyl sites for hydroxylation is 1. The Kier molecular flexibility index (Phi) is 3.44. The maximum Gasteiger partial charge on any atom is 0.311 e. The third kappa shape index (κ3) is 2.65. The molecule has 2 aromatic heterocycles. The fourth-order valence-corrected chi connectivity index (χ4v) is 2.81. The van der Waals surface area contributed by atoms with Crippen molar-refractivity contribution in [1.82, 2.24) is 9.97 Å². The van der Waals surface area contributed by atoms with E-state index in [0.717, 1.165) is 5.56 Å². The summed E-state index contributed by atoms with van der Waals surface area (Å²) in [6, 6.07) is 6.51. The molecule has 0 amide bonds. The van der Waals surface area contributed by atoms with Crippen LogP contribution in [0.3, 0.4) is 0 Å². The molecule has 3 aromatic rings. The summed E-state index contributed by atoms with van der Waals surface area (Å²) in [7, 11) is 0. The zero-order chi connectivity index (χ0) is 15.0. The molecule has 0 spiro atoms. The molecule has 0 fully saturated rings. The number of nitrogens with zero attached hydrogens (tertiary/aromatic N) is 3. The van der Waals surface area contributed by atoms with E-state index in [1.807, 2.05) is 5.38 Å². The lowest BCUT2D eigenvalue weighted by Crippen LogP contribution is -1.96. The van der Waals surface area contributed by atoms with Crippen LogP contribution in [0, 0.1) is 17.0 Å². The Morgan fingerprint density at radius 1 is 1.33 bits per heavy atom. The Morgan fingerprint density at radius 3 is 2.90 bits per heavy atom. The van der Waals surface area contributed by atoms with Crippen LogP contribution in [0.1, 0.15) is 5.56 Å². The van der Waals surface area contributed by atoms with E-state index in [2.05, 4.69) is 9.97 Å². The van der Waals surface area contributed by atoms with Gasteiger partial charge in [0, 0.05) is 6.07 Å². The molecule has 2 heterocycles. The van der Waals surface area contributed by atoms with Gasteiger partial charge in [-0.15, -0.1) is 11.3 Å². The number of halogens is 1. The second-order valence-electron chi connectivity index (χ2n) is 4.27. The molecule has 106 valence electrons. The summed E-state index contributed by atoms with van der Waals surface area (Å²) in [4.78, 5) is 19.4. The highest BCUT2D eigenvalue weighted by molar-refractivity contribution is 7.16. The molecule has 0 aliphatic carbocycles. The van der Waals surface area contributed by atoms with Crippen LogP contribution in [0.4, 0.5) is 5.69 Å². The van der Waals surface area contributed by atoms with Crippen molar-refractivity contribution >= 4 is 38.8 Å². The van der Waals surface area contributed by atoms with E-state index in [1.54, 1.807) is 25.1 Å². The van der Waals surface area contributed by atoms with Crippen LogP contribution in [0.2, 0.25) is 5.28 Å². The number of aromatic nitrogens is 2. The highest BCUT2D eigenvalue weighted by Crippen LogP contribution is 2.35. The first-order valence-electron chi connectivity index (χ1n) is 5.88. The van der Waals surface area contributed by atoms with Gasteiger partial charge >= 0.3 is 5.69 Å². The molecule has 0 aliphatic rings. The highest BCUT2D eigenvalue weighted by Gasteiger charge is 2.18. The average molecular weight is 322 g/mol. The molecule has 0 radical (unpaired) electrons. The molecule has 0 saturated heterocycles. The number of ether oxygens (including phenoxy) is 1. The van der Waals surface area contributed by atoms with Crippen molar-refractivity contribution in [3.05, 3.63) is 50.6 Å². The Labute approximate surface area is 128 Å². The maximum absolute atomic E-state index is 11.1. The van der Waals surface area contributed by atoms with E-state index >= 15 is 0 Å². The van der Waals surface area contributed by atoms with Crippen LogP contribution in [-0.2, 0) is 0 Å². The molecule has 0 N–H and O–H groups in total. The number of nitro groups is 1. The van der Waals surface area contributed by atoms with Gasteiger partial charge in [0.05, 0.1) is 10.3 Å². The van der Waals surface area contributed by atoms with Crippen molar-refractivity contribution in [2.45, 2.75) is 6.92 Å². The Bertz CT molecular complexity index is 850. The minimum atomic E-state index is -0.490. The van der Waals surface area contributed by atoms with E-state index in [1.165, 1.54) is 17.4 Å². The summed E-state index contributed by atoms with van der Waals surface area (Å²) in [5.41, 5.74) is 0.656. The monoisotopic (exact) mass is 321 g/mol. The number of thiophene rings is 1. The minimum Gasteiger partial charge on any atom is -0.431 e. The largest absolute Gasteiger partial charge is 0.431 e. The molecule has 0 saturated carbocycles. The van der Waals surface area contributed by atoms with E-state index in [4.69, 9.17) is 16.3 Å². The molecular formula is C13H8ClN3O3S. The first-order valence-corrected chi connectivity index (χ1v) is 7.14. The molecule has 3 rings (SSSR count). The molecule has 0 unspecified atom stereocenters. The van der Waals surface area contributed by atoms with Crippen LogP contribution in [0.15, 0.2) is 29.6 Å². The van der Waals surface area contributed by atoms with Crippen molar-refractivity contribution < 1.29 is 9.66 Å². The SMILES string of the molecule is Cc1ccc(Oc2nc(Cl)nc3sccc23)c([N+](=O)[O-])c1. The van der Waals surface area contributed by atoms with Gasteiger partial charge in [0.1, 0.15) is 4.83 Å². The van der Waals surface area contributed by atoms with Crippen LogP contribution >= 0.6 is 22.9 Å². The standard InChI is InChI=1S/C13H8ClN3O3S/c1-7-2-3-10(9(6-7)17(18)19)20-11-8-4-5-21-12(8)16-13(14)15-11/h2-6H,1H3. The lowest BCUT2D eigenvalue weighted by molar-refractivity contribution is -0.385. The van der Waals surface area contributed by atoms with Gasteiger partial charge in [0.2, 0.25) is 16.9 Å². The van der Waals surface area contributed by atoms with E-state index in [9.17, 15) is 10.1 Å². The number of benzene rings is 1. The van der Waals surface area contributed by atoms with Gasteiger partial charge < -0.3 is 4.74 Å². The number of hydrogen-bond donors (Lipinski definition) is 0. The smallest absolute Gasteiger partial charge is 0.311 e. The number of nitro benzene ring substituents is 1. The third-order valence-electron chi connectivity index (χ3n) is 2.78. The quantitative estimate of drug-likeness (QED) is 0.407. The van der Waals surface area contributed by atoms with Gasteiger partial charge in [-0.25, -0.2) is 4.98 Å². The molecule has 6 nitrogen and oxygen atoms in total. The van der Waals surface area contributed by atoms with E-state index in [0.29, 0.717) is 10.2 Å². The highest BCUT2D eigenvalue weighted by atomic mass is 35.5. The second kappa shape index (κ2) is 5.27. The van der Waals surface area contributed by atoms with Crippen molar-refractivity contribution in [1.29, 1.82) is 0 Å². The normalized spacial score (nSPS) is 10.8. The lowest BCUT2D eigenvalue weighted by Gasteiger charge is -2.07. The van der Waals surface area contributed by atoms with Gasteiger partial charge in [0.15, 0.2) is 0 Å². The summed E-state index contributed by atoms with van der Waals surface area (Å²) < 4.78 is 5.61. The maximum atomic E-state index is 11.1. The fourth-order valence-electron chi connectivity index (χ4n) is 1.84. The van der Waals surface area contributed by atoms with E-state index < -0.39 is 4.92 Å². The Morgan fingerprint density at radius 2 is 2.14 bits per heavy atom. The number of fused-ring (bicyclic) bond motifs is 1. The topological polar surface area (TPSA) is 78.2 Å². The third-order valence-corrected chi connectivity index (χ3v) is 3.76. The van der Waals surface area contributed by atoms with Crippen LogP contribution in [0.5, 0.6) is 11.6 Å². The van der Waals surface area contributed by atoms with Gasteiger partial charge in [-0.2, -0.15) is 4.98 Å². The lowest BCUT2D eigenvalue weighted by atomic mass is 10.2. The van der Waals surface area contributed by atoms with Crippen LogP contribution in [-0.4, -0.2) is 14.9 Å². The predicted octanol–water partition coefficient (Wildman–Crippen LogP) is 4.35.